The number of amides is 1. The maximum absolute atomic E-state index is 13.1. The second kappa shape index (κ2) is 44.4. The SMILES string of the molecule is CCC/C=C\CCCCCC(CC(=O)NC(CO)C(O)CCCCCCCCCCCC)OC(=O)CCCCCCCCCCC/C=C/CCCCCCCC. The van der Waals surface area contributed by atoms with E-state index in [4.69, 9.17) is 4.74 Å². The third kappa shape index (κ3) is 39.2. The lowest BCUT2D eigenvalue weighted by atomic mass is 10.0. The molecule has 1 amide bonds. The van der Waals surface area contributed by atoms with Gasteiger partial charge in [0.05, 0.1) is 25.2 Å². The van der Waals surface area contributed by atoms with Crippen LogP contribution in [0.5, 0.6) is 0 Å². The van der Waals surface area contributed by atoms with Crippen molar-refractivity contribution in [2.45, 2.75) is 277 Å². The summed E-state index contributed by atoms with van der Waals surface area (Å²) in [7, 11) is 0. The Balaban J connectivity index is 4.37. The van der Waals surface area contributed by atoms with E-state index >= 15 is 0 Å². The number of ether oxygens (including phenoxy) is 1. The first kappa shape index (κ1) is 54.3. The van der Waals surface area contributed by atoms with Crippen LogP contribution < -0.4 is 5.32 Å². The van der Waals surface area contributed by atoms with Crippen LogP contribution in [0.2, 0.25) is 0 Å². The number of hydrogen-bond acceptors (Lipinski definition) is 5. The van der Waals surface area contributed by atoms with Crippen molar-refractivity contribution in [3.63, 3.8) is 0 Å². The topological polar surface area (TPSA) is 95.9 Å². The molecule has 0 aliphatic rings. The van der Waals surface area contributed by atoms with Crippen molar-refractivity contribution in [3.8, 4) is 0 Å². The van der Waals surface area contributed by atoms with Gasteiger partial charge in [0.25, 0.3) is 0 Å². The number of carbonyl (C=O) groups excluding carboxylic acids is 2. The Bertz CT molecular complexity index is 889. The molecule has 56 heavy (non-hydrogen) atoms. The van der Waals surface area contributed by atoms with E-state index < -0.39 is 18.2 Å². The lowest BCUT2D eigenvalue weighted by Gasteiger charge is -2.24. The van der Waals surface area contributed by atoms with E-state index in [2.05, 4.69) is 50.4 Å². The molecule has 3 N–H and O–H groups in total. The lowest BCUT2D eigenvalue weighted by molar-refractivity contribution is -0.151. The molecule has 0 aliphatic heterocycles. The summed E-state index contributed by atoms with van der Waals surface area (Å²) in [6.45, 7) is 6.40. The van der Waals surface area contributed by atoms with Crippen LogP contribution >= 0.6 is 0 Å². The van der Waals surface area contributed by atoms with Gasteiger partial charge in [-0.3, -0.25) is 9.59 Å². The van der Waals surface area contributed by atoms with E-state index in [1.165, 1.54) is 135 Å². The zero-order chi connectivity index (χ0) is 41.0. The molecule has 0 aromatic rings. The fourth-order valence-electron chi connectivity index (χ4n) is 7.49. The van der Waals surface area contributed by atoms with Gasteiger partial charge >= 0.3 is 5.97 Å². The Hall–Kier alpha value is -1.66. The second-order valence-corrected chi connectivity index (χ2v) is 16.9. The third-order valence-electron chi connectivity index (χ3n) is 11.2. The molecule has 0 aromatic heterocycles. The monoisotopic (exact) mass is 790 g/mol. The smallest absolute Gasteiger partial charge is 0.306 e. The molecule has 0 aliphatic carbocycles. The average molecular weight is 790 g/mol. The molecule has 3 atom stereocenters. The van der Waals surface area contributed by atoms with E-state index in [0.29, 0.717) is 19.3 Å². The molecule has 0 rings (SSSR count). The summed E-state index contributed by atoms with van der Waals surface area (Å²) in [4.78, 5) is 26.0. The van der Waals surface area contributed by atoms with Gasteiger partial charge in [-0.05, 0) is 70.6 Å². The predicted octanol–water partition coefficient (Wildman–Crippen LogP) is 14.3. The van der Waals surface area contributed by atoms with Gasteiger partial charge in [-0.1, -0.05) is 199 Å². The van der Waals surface area contributed by atoms with Crippen LogP contribution in [-0.2, 0) is 14.3 Å². The standard InChI is InChI=1S/C50H95NO5/c1-4-7-10-13-16-19-21-22-23-24-25-26-27-28-29-31-34-37-40-43-50(55)56-46(41-38-35-32-18-15-12-9-6-3)44-49(54)51-47(45-52)48(53)42-39-36-33-30-20-17-14-11-8-5-2/h12,15,22-23,46-48,52-53H,4-11,13-14,16-21,24-45H2,1-3H3,(H,51,54)/b15-12-,23-22+. The number of aliphatic hydroxyl groups excluding tert-OH is 2. The van der Waals surface area contributed by atoms with Crippen LogP contribution in [0, 0.1) is 0 Å². The van der Waals surface area contributed by atoms with Crippen LogP contribution in [0.1, 0.15) is 258 Å². The van der Waals surface area contributed by atoms with Gasteiger partial charge < -0.3 is 20.3 Å². The Morgan fingerprint density at radius 3 is 1.36 bits per heavy atom. The van der Waals surface area contributed by atoms with Gasteiger partial charge in [0.15, 0.2) is 0 Å². The number of esters is 1. The number of rotatable bonds is 44. The van der Waals surface area contributed by atoms with Crippen molar-refractivity contribution >= 4 is 11.9 Å². The minimum atomic E-state index is -0.786. The maximum atomic E-state index is 13.1. The number of hydrogen-bond donors (Lipinski definition) is 3. The normalized spacial score (nSPS) is 13.4. The second-order valence-electron chi connectivity index (χ2n) is 16.9. The Kier molecular flexibility index (Phi) is 43.1. The predicted molar refractivity (Wildman–Crippen MR) is 241 cm³/mol. The molecule has 6 nitrogen and oxygen atoms in total. The molecular formula is C50H95NO5. The van der Waals surface area contributed by atoms with Crippen molar-refractivity contribution in [2.24, 2.45) is 0 Å². The first-order valence-electron chi connectivity index (χ1n) is 24.6. The molecule has 0 saturated heterocycles. The summed E-state index contributed by atoms with van der Waals surface area (Å²) in [6, 6.07) is -0.700. The molecule has 0 radical (unpaired) electrons. The van der Waals surface area contributed by atoms with Crippen molar-refractivity contribution in [3.05, 3.63) is 24.3 Å². The number of nitrogens with one attached hydrogen (secondary N) is 1. The van der Waals surface area contributed by atoms with Crippen LogP contribution in [0.3, 0.4) is 0 Å². The van der Waals surface area contributed by atoms with Crippen molar-refractivity contribution in [1.29, 1.82) is 0 Å². The molecule has 0 aromatic carbocycles. The summed E-state index contributed by atoms with van der Waals surface area (Å²) in [5.74, 6) is -0.488. The van der Waals surface area contributed by atoms with Crippen molar-refractivity contribution < 1.29 is 24.5 Å². The molecule has 0 saturated carbocycles. The van der Waals surface area contributed by atoms with Crippen molar-refractivity contribution in [2.75, 3.05) is 6.61 Å². The summed E-state index contributed by atoms with van der Waals surface area (Å²) in [6.07, 6.45) is 49.7. The van der Waals surface area contributed by atoms with E-state index in [1.54, 1.807) is 0 Å². The number of carbonyl (C=O) groups is 2. The van der Waals surface area contributed by atoms with Crippen molar-refractivity contribution in [1.82, 2.24) is 5.32 Å². The lowest BCUT2D eigenvalue weighted by Crippen LogP contribution is -2.46. The minimum absolute atomic E-state index is 0.0686. The molecular weight excluding hydrogens is 695 g/mol. The van der Waals surface area contributed by atoms with E-state index in [-0.39, 0.29) is 24.9 Å². The van der Waals surface area contributed by atoms with Crippen LogP contribution in [0.25, 0.3) is 0 Å². The first-order valence-corrected chi connectivity index (χ1v) is 24.6. The van der Waals surface area contributed by atoms with Gasteiger partial charge in [-0.2, -0.15) is 0 Å². The van der Waals surface area contributed by atoms with Gasteiger partial charge in [0, 0.05) is 6.42 Å². The minimum Gasteiger partial charge on any atom is -0.462 e. The Labute approximate surface area is 348 Å². The highest BCUT2D eigenvalue weighted by molar-refractivity contribution is 5.77. The fourth-order valence-corrected chi connectivity index (χ4v) is 7.49. The van der Waals surface area contributed by atoms with Gasteiger partial charge in [-0.15, -0.1) is 0 Å². The van der Waals surface area contributed by atoms with Gasteiger partial charge in [0.2, 0.25) is 5.91 Å². The van der Waals surface area contributed by atoms with Crippen LogP contribution in [-0.4, -0.2) is 46.9 Å². The highest BCUT2D eigenvalue weighted by Gasteiger charge is 2.24. The zero-order valence-electron chi connectivity index (χ0n) is 37.5. The summed E-state index contributed by atoms with van der Waals surface area (Å²) in [5, 5.41) is 23.6. The summed E-state index contributed by atoms with van der Waals surface area (Å²) < 4.78 is 5.89. The zero-order valence-corrected chi connectivity index (χ0v) is 37.5. The van der Waals surface area contributed by atoms with E-state index in [0.717, 1.165) is 77.0 Å². The Morgan fingerprint density at radius 2 is 0.893 bits per heavy atom. The molecule has 0 spiro atoms. The summed E-state index contributed by atoms with van der Waals surface area (Å²) >= 11 is 0. The Morgan fingerprint density at radius 1 is 0.500 bits per heavy atom. The first-order chi connectivity index (χ1) is 27.5. The van der Waals surface area contributed by atoms with Crippen LogP contribution in [0.4, 0.5) is 0 Å². The maximum Gasteiger partial charge on any atom is 0.306 e. The molecule has 3 unspecified atom stereocenters. The highest BCUT2D eigenvalue weighted by Crippen LogP contribution is 2.17. The van der Waals surface area contributed by atoms with E-state index in [1.807, 2.05) is 0 Å². The number of allylic oxidation sites excluding steroid dienone is 4. The molecule has 6 heteroatoms. The number of aliphatic hydroxyl groups is 2. The molecule has 0 fully saturated rings. The molecule has 0 heterocycles. The summed E-state index contributed by atoms with van der Waals surface area (Å²) in [5.41, 5.74) is 0. The number of unbranched alkanes of at least 4 members (excludes halogenated alkanes) is 28. The molecule has 330 valence electrons. The largest absolute Gasteiger partial charge is 0.462 e. The highest BCUT2D eigenvalue weighted by atomic mass is 16.5. The van der Waals surface area contributed by atoms with Gasteiger partial charge in [0.1, 0.15) is 6.10 Å². The molecule has 0 bridgehead atoms. The fraction of sp³-hybridized carbons (Fsp3) is 0.880. The van der Waals surface area contributed by atoms with Gasteiger partial charge in [-0.25, -0.2) is 0 Å². The quantitative estimate of drug-likeness (QED) is 0.0324. The van der Waals surface area contributed by atoms with E-state index in [9.17, 15) is 19.8 Å². The third-order valence-corrected chi connectivity index (χ3v) is 11.2. The average Bonchev–Trinajstić information content (AvgIpc) is 3.19. The van der Waals surface area contributed by atoms with Crippen LogP contribution in [0.15, 0.2) is 24.3 Å².